The summed E-state index contributed by atoms with van der Waals surface area (Å²) in [7, 11) is 0. The number of halogens is 1. The zero-order valence-electron chi connectivity index (χ0n) is 7.05. The molecule has 0 atom stereocenters. The van der Waals surface area contributed by atoms with E-state index in [-0.39, 0.29) is 12.1 Å². The van der Waals surface area contributed by atoms with Gasteiger partial charge in [-0.1, -0.05) is 0 Å². The minimum atomic E-state index is -0.575. The molecule has 1 fully saturated rings. The fraction of sp³-hybridized carbons (Fsp3) is 0.875. The van der Waals surface area contributed by atoms with Crippen LogP contribution in [0.25, 0.3) is 0 Å². The third kappa shape index (κ3) is 3.26. The molecule has 0 bridgehead atoms. The van der Waals surface area contributed by atoms with Crippen molar-refractivity contribution in [3.8, 4) is 0 Å². The molecule has 0 aromatic carbocycles. The number of hydrogen-bond acceptors (Lipinski definition) is 3. The van der Waals surface area contributed by atoms with Crippen LogP contribution in [0.4, 0.5) is 0 Å². The minimum Gasteiger partial charge on any atom is -0.463 e. The molecule has 0 heterocycles. The highest BCUT2D eigenvalue weighted by molar-refractivity contribution is 14.1. The normalized spacial score (nSPS) is 36.1. The second kappa shape index (κ2) is 3.91. The van der Waals surface area contributed by atoms with Crippen molar-refractivity contribution in [3.63, 3.8) is 0 Å². The molecule has 0 aromatic rings. The molecular weight excluding hydrogens is 271 g/mol. The van der Waals surface area contributed by atoms with E-state index < -0.39 is 3.61 Å². The maximum atomic E-state index is 10.6. The highest BCUT2D eigenvalue weighted by Gasteiger charge is 2.31. The van der Waals surface area contributed by atoms with Gasteiger partial charge in [0.2, 0.25) is 0 Å². The van der Waals surface area contributed by atoms with Crippen LogP contribution in [0.1, 0.15) is 32.6 Å². The molecule has 0 aromatic heterocycles. The molecule has 4 heteroatoms. The summed E-state index contributed by atoms with van der Waals surface area (Å²) in [6.45, 7) is 1.42. The van der Waals surface area contributed by atoms with Gasteiger partial charge in [-0.15, -0.1) is 0 Å². The third-order valence-corrected chi connectivity index (χ3v) is 3.11. The number of alkyl halides is 1. The number of rotatable bonds is 1. The number of esters is 1. The van der Waals surface area contributed by atoms with Crippen molar-refractivity contribution in [3.05, 3.63) is 0 Å². The van der Waals surface area contributed by atoms with Crippen molar-refractivity contribution in [2.45, 2.75) is 42.3 Å². The molecule has 1 N–H and O–H groups in total. The Kier molecular flexibility index (Phi) is 3.34. The van der Waals surface area contributed by atoms with Gasteiger partial charge in [0.25, 0.3) is 0 Å². The molecule has 12 heavy (non-hydrogen) atoms. The molecule has 70 valence electrons. The molecule has 3 nitrogen and oxygen atoms in total. The van der Waals surface area contributed by atoms with E-state index in [4.69, 9.17) is 4.74 Å². The van der Waals surface area contributed by atoms with Crippen molar-refractivity contribution in [2.24, 2.45) is 0 Å². The number of carbonyl (C=O) groups is 1. The molecule has 0 aliphatic heterocycles. The number of aliphatic hydroxyl groups is 1. The Hall–Kier alpha value is 0.160. The lowest BCUT2D eigenvalue weighted by Crippen LogP contribution is -2.31. The fourth-order valence-corrected chi connectivity index (χ4v) is 2.01. The summed E-state index contributed by atoms with van der Waals surface area (Å²) in [5.74, 6) is -0.223. The predicted molar refractivity (Wildman–Crippen MR) is 53.0 cm³/mol. The summed E-state index contributed by atoms with van der Waals surface area (Å²) < 4.78 is 4.46. The van der Waals surface area contributed by atoms with E-state index >= 15 is 0 Å². The van der Waals surface area contributed by atoms with Gasteiger partial charge in [-0.05, 0) is 48.3 Å². The molecule has 1 aliphatic rings. The van der Waals surface area contributed by atoms with Gasteiger partial charge in [0.05, 0.1) is 0 Å². The zero-order valence-corrected chi connectivity index (χ0v) is 9.20. The predicted octanol–water partition coefficient (Wildman–Crippen LogP) is 1.62. The summed E-state index contributed by atoms with van der Waals surface area (Å²) >= 11 is 2.05. The van der Waals surface area contributed by atoms with E-state index in [0.717, 1.165) is 12.8 Å². The van der Waals surface area contributed by atoms with Gasteiger partial charge in [-0.3, -0.25) is 4.79 Å². The van der Waals surface area contributed by atoms with E-state index in [0.29, 0.717) is 12.8 Å². The Bertz CT molecular complexity index is 169. The first kappa shape index (κ1) is 10.2. The Morgan fingerprint density at radius 3 is 2.50 bits per heavy atom. The van der Waals surface area contributed by atoms with E-state index in [1.165, 1.54) is 6.92 Å². The zero-order chi connectivity index (χ0) is 9.19. The van der Waals surface area contributed by atoms with Crippen LogP contribution in [0.5, 0.6) is 0 Å². The van der Waals surface area contributed by atoms with Gasteiger partial charge in [0.15, 0.2) is 0 Å². The van der Waals surface area contributed by atoms with Crippen molar-refractivity contribution in [1.29, 1.82) is 0 Å². The SMILES string of the molecule is CC(=O)OC1CCC(O)(I)CC1. The van der Waals surface area contributed by atoms with Gasteiger partial charge in [-0.2, -0.15) is 0 Å². The Morgan fingerprint density at radius 1 is 1.58 bits per heavy atom. The molecule has 0 unspecified atom stereocenters. The molecule has 0 radical (unpaired) electrons. The second-order valence-electron chi connectivity index (χ2n) is 3.23. The largest absolute Gasteiger partial charge is 0.463 e. The van der Waals surface area contributed by atoms with E-state index in [1.54, 1.807) is 0 Å². The topological polar surface area (TPSA) is 46.5 Å². The third-order valence-electron chi connectivity index (χ3n) is 2.03. The van der Waals surface area contributed by atoms with Crippen LogP contribution in [0, 0.1) is 0 Å². The van der Waals surface area contributed by atoms with Crippen LogP contribution in [-0.4, -0.2) is 20.8 Å². The van der Waals surface area contributed by atoms with Crippen LogP contribution in [0.3, 0.4) is 0 Å². The molecule has 0 amide bonds. The molecule has 1 saturated carbocycles. The van der Waals surface area contributed by atoms with Crippen molar-refractivity contribution >= 4 is 28.6 Å². The van der Waals surface area contributed by atoms with E-state index in [1.807, 2.05) is 22.6 Å². The number of ether oxygens (including phenoxy) is 1. The average molecular weight is 284 g/mol. The second-order valence-corrected chi connectivity index (χ2v) is 5.23. The number of hydrogen-bond donors (Lipinski definition) is 1. The quantitative estimate of drug-likeness (QED) is 0.452. The maximum absolute atomic E-state index is 10.6. The monoisotopic (exact) mass is 284 g/mol. The Balaban J connectivity index is 2.31. The summed E-state index contributed by atoms with van der Waals surface area (Å²) in [6.07, 6.45) is 3.01. The van der Waals surface area contributed by atoms with E-state index in [9.17, 15) is 9.90 Å². The van der Waals surface area contributed by atoms with Crippen molar-refractivity contribution in [2.75, 3.05) is 0 Å². The molecule has 1 aliphatic carbocycles. The summed E-state index contributed by atoms with van der Waals surface area (Å²) in [6, 6.07) is 0. The van der Waals surface area contributed by atoms with E-state index in [2.05, 4.69) is 0 Å². The van der Waals surface area contributed by atoms with Crippen LogP contribution in [0.2, 0.25) is 0 Å². The van der Waals surface area contributed by atoms with Gasteiger partial charge in [0, 0.05) is 6.92 Å². The summed E-state index contributed by atoms with van der Waals surface area (Å²) in [5, 5.41) is 9.57. The first-order valence-corrected chi connectivity index (χ1v) is 5.16. The van der Waals surface area contributed by atoms with Gasteiger partial charge in [-0.25, -0.2) is 0 Å². The van der Waals surface area contributed by atoms with Crippen LogP contribution in [-0.2, 0) is 9.53 Å². The first-order valence-electron chi connectivity index (χ1n) is 4.08. The van der Waals surface area contributed by atoms with Gasteiger partial charge in [0.1, 0.15) is 9.71 Å². The molecular formula is C8H13IO3. The number of carbonyl (C=O) groups excluding carboxylic acids is 1. The van der Waals surface area contributed by atoms with Gasteiger partial charge < -0.3 is 9.84 Å². The lowest BCUT2D eigenvalue weighted by Gasteiger charge is -2.30. The molecule has 0 saturated heterocycles. The van der Waals surface area contributed by atoms with Crippen molar-refractivity contribution < 1.29 is 14.6 Å². The highest BCUT2D eigenvalue weighted by Crippen LogP contribution is 2.34. The Labute approximate surface area is 85.6 Å². The molecule has 0 spiro atoms. The smallest absolute Gasteiger partial charge is 0.302 e. The summed E-state index contributed by atoms with van der Waals surface area (Å²) in [4.78, 5) is 10.6. The standard InChI is InChI=1S/C8H13IO3/c1-6(10)12-7-2-4-8(9,11)5-3-7/h7,11H,2-5H2,1H3. The average Bonchev–Trinajstić information content (AvgIpc) is 1.93. The lowest BCUT2D eigenvalue weighted by atomic mass is 9.95. The van der Waals surface area contributed by atoms with Crippen LogP contribution in [0.15, 0.2) is 0 Å². The van der Waals surface area contributed by atoms with Crippen LogP contribution < -0.4 is 0 Å². The van der Waals surface area contributed by atoms with Crippen LogP contribution >= 0.6 is 22.6 Å². The maximum Gasteiger partial charge on any atom is 0.302 e. The summed E-state index contributed by atoms with van der Waals surface area (Å²) in [5.41, 5.74) is 0. The fourth-order valence-electron chi connectivity index (χ4n) is 1.39. The first-order chi connectivity index (χ1) is 5.49. The molecule has 1 rings (SSSR count). The Morgan fingerprint density at radius 2 is 2.08 bits per heavy atom. The minimum absolute atomic E-state index is 0.0255. The van der Waals surface area contributed by atoms with Gasteiger partial charge >= 0.3 is 5.97 Å². The highest BCUT2D eigenvalue weighted by atomic mass is 127. The lowest BCUT2D eigenvalue weighted by molar-refractivity contribution is -0.148. The van der Waals surface area contributed by atoms with Crippen molar-refractivity contribution in [1.82, 2.24) is 0 Å².